The van der Waals surface area contributed by atoms with Gasteiger partial charge in [-0.1, -0.05) is 106 Å². The van der Waals surface area contributed by atoms with Gasteiger partial charge < -0.3 is 14.6 Å². The highest BCUT2D eigenvalue weighted by molar-refractivity contribution is 6.89. The van der Waals surface area contributed by atoms with Gasteiger partial charge in [0.2, 0.25) is 0 Å². The number of rotatable bonds is 13. The summed E-state index contributed by atoms with van der Waals surface area (Å²) in [6.07, 6.45) is 2.22. The molecular weight excluding hydrogens is 665 g/mol. The SMILES string of the molecule is C=C(C)C(=O)OCc1cc(-c2ccc(-c3ccc(-c4ccc([Si](C)(C)CCCC)cc4)c(F)c3F)c(F)c2F)cc(COC(=O)C(=C)C)c1O. The smallest absolute Gasteiger partial charge is 0.333 e. The number of hydrogen-bond donors (Lipinski definition) is 1. The zero-order valence-corrected chi connectivity index (χ0v) is 29.8. The summed E-state index contributed by atoms with van der Waals surface area (Å²) in [5, 5.41) is 12.1. The first kappa shape index (κ1) is 37.8. The maximum Gasteiger partial charge on any atom is 0.333 e. The molecule has 262 valence electrons. The average molecular weight is 705 g/mol. The van der Waals surface area contributed by atoms with E-state index >= 15 is 17.6 Å². The summed E-state index contributed by atoms with van der Waals surface area (Å²) in [4.78, 5) is 24.0. The minimum atomic E-state index is -1.68. The van der Waals surface area contributed by atoms with Crippen molar-refractivity contribution in [1.82, 2.24) is 0 Å². The number of carbonyl (C=O) groups is 2. The number of esters is 2. The third kappa shape index (κ3) is 8.25. The highest BCUT2D eigenvalue weighted by Crippen LogP contribution is 2.38. The second-order valence-corrected chi connectivity index (χ2v) is 17.8. The van der Waals surface area contributed by atoms with E-state index in [0.29, 0.717) is 5.56 Å². The zero-order chi connectivity index (χ0) is 36.9. The Hall–Kier alpha value is -4.96. The normalized spacial score (nSPS) is 11.3. The molecular formula is C40H40F4O5Si. The summed E-state index contributed by atoms with van der Waals surface area (Å²) in [7, 11) is -1.68. The molecule has 4 aromatic rings. The van der Waals surface area contributed by atoms with Crippen molar-refractivity contribution in [2.45, 2.75) is 66.0 Å². The molecule has 0 aliphatic rings. The molecule has 0 aromatic heterocycles. The van der Waals surface area contributed by atoms with E-state index in [2.05, 4.69) is 33.2 Å². The van der Waals surface area contributed by atoms with E-state index in [9.17, 15) is 14.7 Å². The molecule has 0 saturated heterocycles. The maximum atomic E-state index is 15.8. The van der Waals surface area contributed by atoms with Crippen LogP contribution in [0.4, 0.5) is 17.6 Å². The van der Waals surface area contributed by atoms with Crippen LogP contribution in [0.3, 0.4) is 0 Å². The Labute approximate surface area is 290 Å². The molecule has 5 nitrogen and oxygen atoms in total. The number of unbranched alkanes of at least 4 members (excludes halogenated alkanes) is 1. The van der Waals surface area contributed by atoms with E-state index in [0.717, 1.165) is 25.0 Å². The quantitative estimate of drug-likeness (QED) is 0.0649. The highest BCUT2D eigenvalue weighted by atomic mass is 28.3. The van der Waals surface area contributed by atoms with Gasteiger partial charge in [-0.3, -0.25) is 0 Å². The minimum Gasteiger partial charge on any atom is -0.507 e. The van der Waals surface area contributed by atoms with E-state index in [4.69, 9.17) is 9.47 Å². The third-order valence-corrected chi connectivity index (χ3v) is 12.1. The van der Waals surface area contributed by atoms with Crippen LogP contribution in [0.1, 0.15) is 44.7 Å². The predicted octanol–water partition coefficient (Wildman–Crippen LogP) is 9.90. The zero-order valence-electron chi connectivity index (χ0n) is 28.8. The van der Waals surface area contributed by atoms with Crippen molar-refractivity contribution in [3.05, 3.63) is 119 Å². The molecule has 0 aliphatic carbocycles. The second kappa shape index (κ2) is 15.7. The largest absolute Gasteiger partial charge is 0.507 e. The van der Waals surface area contributed by atoms with Crippen molar-refractivity contribution in [3.63, 3.8) is 0 Å². The van der Waals surface area contributed by atoms with E-state index in [1.165, 1.54) is 49.4 Å². The van der Waals surface area contributed by atoms with Crippen molar-refractivity contribution in [2.75, 3.05) is 0 Å². The first-order valence-corrected chi connectivity index (χ1v) is 19.4. The molecule has 0 bridgehead atoms. The molecule has 10 heteroatoms. The summed E-state index contributed by atoms with van der Waals surface area (Å²) in [5.74, 6) is -7.24. The molecule has 0 unspecified atom stereocenters. The predicted molar refractivity (Wildman–Crippen MR) is 190 cm³/mol. The van der Waals surface area contributed by atoms with E-state index in [-0.39, 0.29) is 39.0 Å². The first-order valence-electron chi connectivity index (χ1n) is 16.1. The van der Waals surface area contributed by atoms with Gasteiger partial charge in [0.25, 0.3) is 0 Å². The first-order chi connectivity index (χ1) is 23.6. The van der Waals surface area contributed by atoms with Crippen LogP contribution >= 0.6 is 0 Å². The monoisotopic (exact) mass is 704 g/mol. The summed E-state index contributed by atoms with van der Waals surface area (Å²) in [5.41, 5.74) is -0.586. The summed E-state index contributed by atoms with van der Waals surface area (Å²) in [6, 6.07) is 15.9. The lowest BCUT2D eigenvalue weighted by atomic mass is 9.94. The van der Waals surface area contributed by atoms with Crippen LogP contribution in [-0.2, 0) is 32.3 Å². The summed E-state index contributed by atoms with van der Waals surface area (Å²) < 4.78 is 72.9. The fraction of sp³-hybridized carbons (Fsp3) is 0.250. The van der Waals surface area contributed by atoms with Crippen molar-refractivity contribution >= 4 is 25.2 Å². The van der Waals surface area contributed by atoms with Gasteiger partial charge >= 0.3 is 11.9 Å². The number of hydrogen-bond acceptors (Lipinski definition) is 5. The standard InChI is InChI=1S/C40H40F4O5Si/c1-8-9-18-50(6,7)29-12-10-25(11-13-29)30-14-16-32(36(43)34(30)41)33-17-15-31(35(42)37(33)44)26-19-27(21-48-39(46)23(2)3)38(45)28(20-26)22-49-40(47)24(4)5/h10-17,19-20,45H,2,4,8-9,18,21-22H2,1,3,5-7H3. The molecule has 0 spiro atoms. The Balaban J connectivity index is 1.71. The van der Waals surface area contributed by atoms with Crippen molar-refractivity contribution in [3.8, 4) is 39.1 Å². The van der Waals surface area contributed by atoms with Crippen molar-refractivity contribution in [1.29, 1.82) is 0 Å². The van der Waals surface area contributed by atoms with E-state index < -0.39 is 73.4 Å². The van der Waals surface area contributed by atoms with Gasteiger partial charge in [0.15, 0.2) is 23.3 Å². The molecule has 4 rings (SSSR count). The fourth-order valence-electron chi connectivity index (χ4n) is 5.49. The number of phenolic OH excluding ortho intramolecular Hbond substituents is 1. The summed E-state index contributed by atoms with van der Waals surface area (Å²) >= 11 is 0. The van der Waals surface area contributed by atoms with Crippen LogP contribution in [0, 0.1) is 23.3 Å². The molecule has 4 aromatic carbocycles. The molecule has 0 fully saturated rings. The third-order valence-electron chi connectivity index (χ3n) is 8.58. The number of aromatic hydroxyl groups is 1. The molecule has 0 heterocycles. The summed E-state index contributed by atoms with van der Waals surface area (Å²) in [6.45, 7) is 15.6. The Morgan fingerprint density at radius 1 is 0.680 bits per heavy atom. The Bertz CT molecular complexity index is 1920. The van der Waals surface area contributed by atoms with Crippen LogP contribution in [0.2, 0.25) is 19.1 Å². The van der Waals surface area contributed by atoms with Gasteiger partial charge in [0.1, 0.15) is 19.0 Å². The lowest BCUT2D eigenvalue weighted by molar-refractivity contribution is -0.140. The minimum absolute atomic E-state index is 0.00552. The van der Waals surface area contributed by atoms with Gasteiger partial charge in [0, 0.05) is 44.5 Å². The number of phenols is 1. The Morgan fingerprint density at radius 2 is 1.08 bits per heavy atom. The molecule has 0 saturated carbocycles. The van der Waals surface area contributed by atoms with Gasteiger partial charge in [0.05, 0.1) is 8.07 Å². The highest BCUT2D eigenvalue weighted by Gasteiger charge is 2.25. The Kier molecular flexibility index (Phi) is 11.9. The molecule has 1 N–H and O–H groups in total. The maximum absolute atomic E-state index is 15.8. The molecule has 0 amide bonds. The topological polar surface area (TPSA) is 72.8 Å². The lowest BCUT2D eigenvalue weighted by Crippen LogP contribution is -2.40. The van der Waals surface area contributed by atoms with Gasteiger partial charge in [-0.2, -0.15) is 0 Å². The van der Waals surface area contributed by atoms with Crippen LogP contribution in [0.25, 0.3) is 33.4 Å². The molecule has 0 radical (unpaired) electrons. The molecule has 0 atom stereocenters. The number of halogens is 4. The van der Waals surface area contributed by atoms with E-state index in [1.54, 1.807) is 12.1 Å². The fourth-order valence-corrected chi connectivity index (χ4v) is 8.09. The number of ether oxygens (including phenoxy) is 2. The van der Waals surface area contributed by atoms with Crippen LogP contribution in [-0.4, -0.2) is 25.1 Å². The second-order valence-electron chi connectivity index (χ2n) is 13.0. The lowest BCUT2D eigenvalue weighted by Gasteiger charge is -2.23. The van der Waals surface area contributed by atoms with Crippen LogP contribution < -0.4 is 5.19 Å². The Morgan fingerprint density at radius 3 is 1.50 bits per heavy atom. The van der Waals surface area contributed by atoms with Gasteiger partial charge in [-0.25, -0.2) is 27.2 Å². The molecule has 0 aliphatic heterocycles. The molecule has 50 heavy (non-hydrogen) atoms. The number of carbonyl (C=O) groups excluding carboxylic acids is 2. The van der Waals surface area contributed by atoms with Gasteiger partial charge in [-0.05, 0) is 37.1 Å². The van der Waals surface area contributed by atoms with Gasteiger partial charge in [-0.15, -0.1) is 0 Å². The van der Waals surface area contributed by atoms with Crippen molar-refractivity contribution in [2.24, 2.45) is 0 Å². The van der Waals surface area contributed by atoms with Crippen LogP contribution in [0.15, 0.2) is 85.0 Å². The van der Waals surface area contributed by atoms with Crippen molar-refractivity contribution < 1.29 is 41.7 Å². The van der Waals surface area contributed by atoms with Crippen LogP contribution in [0.5, 0.6) is 5.75 Å². The average Bonchev–Trinajstić information content (AvgIpc) is 3.08. The number of benzene rings is 4. The van der Waals surface area contributed by atoms with E-state index in [1.807, 2.05) is 12.1 Å².